The van der Waals surface area contributed by atoms with Gasteiger partial charge in [0.25, 0.3) is 5.91 Å². The fourth-order valence-corrected chi connectivity index (χ4v) is 6.80. The Morgan fingerprint density at radius 3 is 2.21 bits per heavy atom. The van der Waals surface area contributed by atoms with Crippen molar-refractivity contribution in [3.8, 4) is 0 Å². The summed E-state index contributed by atoms with van der Waals surface area (Å²) in [4.78, 5) is 33.4. The first-order chi connectivity index (χ1) is 20.6. The second-order valence-corrected chi connectivity index (χ2v) is 11.4. The second kappa shape index (κ2) is 12.8. The van der Waals surface area contributed by atoms with Gasteiger partial charge in [-0.2, -0.15) is 0 Å². The average molecular weight is 562 g/mol. The Kier molecular flexibility index (Phi) is 8.52. The maximum absolute atomic E-state index is 13.9. The molecule has 2 saturated heterocycles. The highest BCUT2D eigenvalue weighted by Gasteiger charge is 2.41. The molecule has 0 spiro atoms. The molecule has 0 radical (unpaired) electrons. The minimum absolute atomic E-state index is 0.100. The minimum Gasteiger partial charge on any atom is -0.445 e. The number of amides is 2. The first kappa shape index (κ1) is 28.0. The fraction of sp³-hybridized carbons (Fsp3) is 0.333. The third-order valence-corrected chi connectivity index (χ3v) is 9.01. The smallest absolute Gasteiger partial charge is 0.410 e. The topological polar surface area (TPSA) is 53.1 Å². The molecule has 2 aliphatic rings. The molecule has 0 aromatic heterocycles. The van der Waals surface area contributed by atoms with Gasteiger partial charge in [0.1, 0.15) is 6.61 Å². The van der Waals surface area contributed by atoms with Crippen LogP contribution in [0.3, 0.4) is 0 Å². The van der Waals surface area contributed by atoms with E-state index in [1.807, 2.05) is 78.6 Å². The highest BCUT2D eigenvalue weighted by molar-refractivity contribution is 6.07. The van der Waals surface area contributed by atoms with Gasteiger partial charge in [0.05, 0.1) is 0 Å². The summed E-state index contributed by atoms with van der Waals surface area (Å²) in [5, 5.41) is 2.09. The Morgan fingerprint density at radius 1 is 0.810 bits per heavy atom. The van der Waals surface area contributed by atoms with Crippen molar-refractivity contribution in [2.75, 3.05) is 32.7 Å². The number of carbonyl (C=O) groups is 2. The number of carbonyl (C=O) groups excluding carboxylic acids is 2. The maximum atomic E-state index is 13.9. The summed E-state index contributed by atoms with van der Waals surface area (Å²) in [6.45, 7) is 6.11. The van der Waals surface area contributed by atoms with E-state index in [0.29, 0.717) is 19.6 Å². The Bertz CT molecular complexity index is 1500. The van der Waals surface area contributed by atoms with Crippen LogP contribution in [0.15, 0.2) is 103 Å². The highest BCUT2D eigenvalue weighted by atomic mass is 16.6. The van der Waals surface area contributed by atoms with Crippen LogP contribution in [-0.2, 0) is 11.3 Å². The van der Waals surface area contributed by atoms with E-state index in [1.54, 1.807) is 0 Å². The Hall–Kier alpha value is -4.16. The fourth-order valence-electron chi connectivity index (χ4n) is 6.80. The van der Waals surface area contributed by atoms with Crippen LogP contribution in [0.4, 0.5) is 4.79 Å². The average Bonchev–Trinajstić information content (AvgIpc) is 3.50. The van der Waals surface area contributed by atoms with Crippen LogP contribution in [0.2, 0.25) is 0 Å². The van der Waals surface area contributed by atoms with Gasteiger partial charge in [-0.3, -0.25) is 9.69 Å². The number of benzene rings is 4. The third-order valence-electron chi connectivity index (χ3n) is 9.01. The standard InChI is InChI=1S/C36H39N3O3/c1-2-39(36(41)42-26-27-12-5-3-6-13-27)30-20-22-37(23-21-30)34-25-38(24-33(34)29-14-7-4-8-15-29)35(40)32-19-11-17-28-16-9-10-18-31(28)32/h3-19,30,33-34H,2,20-26H2,1H3/t33-,34+/m1/s1. The van der Waals surface area contributed by atoms with Crippen molar-refractivity contribution in [3.05, 3.63) is 120 Å². The molecule has 4 aromatic rings. The number of fused-ring (bicyclic) bond motifs is 1. The normalized spacial score (nSPS) is 19.6. The van der Waals surface area contributed by atoms with Crippen LogP contribution in [0, 0.1) is 0 Å². The SMILES string of the molecule is CCN(C(=O)OCc1ccccc1)C1CCN([C@H]2CN(C(=O)c3cccc4ccccc34)C[C@@H]2c2ccccc2)CC1. The van der Waals surface area contributed by atoms with Gasteiger partial charge in [0.2, 0.25) is 0 Å². The molecule has 216 valence electrons. The molecule has 0 aliphatic carbocycles. The van der Waals surface area contributed by atoms with Crippen molar-refractivity contribution in [1.29, 1.82) is 0 Å². The largest absolute Gasteiger partial charge is 0.445 e. The van der Waals surface area contributed by atoms with E-state index in [4.69, 9.17) is 4.74 Å². The van der Waals surface area contributed by atoms with Crippen molar-refractivity contribution in [2.45, 2.75) is 44.4 Å². The molecule has 6 rings (SSSR count). The van der Waals surface area contributed by atoms with Gasteiger partial charge in [0, 0.05) is 56.3 Å². The van der Waals surface area contributed by atoms with E-state index >= 15 is 0 Å². The molecule has 6 heteroatoms. The Morgan fingerprint density at radius 2 is 1.48 bits per heavy atom. The molecular weight excluding hydrogens is 522 g/mol. The molecule has 0 bridgehead atoms. The highest BCUT2D eigenvalue weighted by Crippen LogP contribution is 2.35. The first-order valence-electron chi connectivity index (χ1n) is 15.2. The molecule has 42 heavy (non-hydrogen) atoms. The van der Waals surface area contributed by atoms with Crippen LogP contribution in [-0.4, -0.2) is 71.5 Å². The number of hydrogen-bond donors (Lipinski definition) is 0. The zero-order valence-electron chi connectivity index (χ0n) is 24.3. The summed E-state index contributed by atoms with van der Waals surface area (Å²) in [6, 6.07) is 34.9. The number of rotatable bonds is 7. The predicted octanol–water partition coefficient (Wildman–Crippen LogP) is 6.57. The molecule has 0 saturated carbocycles. The summed E-state index contributed by atoms with van der Waals surface area (Å²) in [7, 11) is 0. The van der Waals surface area contributed by atoms with Gasteiger partial charge in [-0.1, -0.05) is 97.1 Å². The number of nitrogens with zero attached hydrogens (tertiary/aromatic N) is 3. The summed E-state index contributed by atoms with van der Waals surface area (Å²) in [6.07, 6.45) is 1.54. The monoisotopic (exact) mass is 561 g/mol. The third kappa shape index (κ3) is 5.90. The molecule has 6 nitrogen and oxygen atoms in total. The molecule has 0 N–H and O–H groups in total. The van der Waals surface area contributed by atoms with Gasteiger partial charge >= 0.3 is 6.09 Å². The van der Waals surface area contributed by atoms with Crippen molar-refractivity contribution in [1.82, 2.24) is 14.7 Å². The van der Waals surface area contributed by atoms with Gasteiger partial charge in [-0.25, -0.2) is 4.79 Å². The van der Waals surface area contributed by atoms with E-state index in [-0.39, 0.29) is 36.6 Å². The molecule has 2 fully saturated rings. The first-order valence-corrected chi connectivity index (χ1v) is 15.2. The molecule has 2 atom stereocenters. The van der Waals surface area contributed by atoms with E-state index in [9.17, 15) is 9.59 Å². The van der Waals surface area contributed by atoms with Crippen molar-refractivity contribution in [2.24, 2.45) is 0 Å². The van der Waals surface area contributed by atoms with Crippen LogP contribution < -0.4 is 0 Å². The lowest BCUT2D eigenvalue weighted by molar-refractivity contribution is 0.0531. The van der Waals surface area contributed by atoms with E-state index in [0.717, 1.165) is 47.8 Å². The lowest BCUT2D eigenvalue weighted by atomic mass is 9.91. The van der Waals surface area contributed by atoms with Gasteiger partial charge in [-0.15, -0.1) is 0 Å². The maximum Gasteiger partial charge on any atom is 0.410 e. The Labute approximate surface area is 248 Å². The van der Waals surface area contributed by atoms with Crippen LogP contribution in [0.25, 0.3) is 10.8 Å². The van der Waals surface area contributed by atoms with Crippen molar-refractivity contribution < 1.29 is 14.3 Å². The lowest BCUT2D eigenvalue weighted by Gasteiger charge is -2.41. The molecule has 4 aromatic carbocycles. The summed E-state index contributed by atoms with van der Waals surface area (Å²) in [5.41, 5.74) is 3.04. The number of likely N-dealkylation sites (tertiary alicyclic amines) is 2. The van der Waals surface area contributed by atoms with Crippen LogP contribution in [0.1, 0.15) is 47.2 Å². The van der Waals surface area contributed by atoms with E-state index in [2.05, 4.69) is 46.2 Å². The number of piperidine rings is 1. The van der Waals surface area contributed by atoms with Gasteiger partial charge < -0.3 is 14.5 Å². The van der Waals surface area contributed by atoms with Crippen LogP contribution in [0.5, 0.6) is 0 Å². The van der Waals surface area contributed by atoms with E-state index in [1.165, 1.54) is 5.56 Å². The van der Waals surface area contributed by atoms with Crippen LogP contribution >= 0.6 is 0 Å². The van der Waals surface area contributed by atoms with Gasteiger partial charge in [0.15, 0.2) is 0 Å². The van der Waals surface area contributed by atoms with Crippen molar-refractivity contribution in [3.63, 3.8) is 0 Å². The number of hydrogen-bond acceptors (Lipinski definition) is 4. The Balaban J connectivity index is 1.15. The molecule has 2 amide bonds. The summed E-state index contributed by atoms with van der Waals surface area (Å²) >= 11 is 0. The summed E-state index contributed by atoms with van der Waals surface area (Å²) in [5.74, 6) is 0.336. The van der Waals surface area contributed by atoms with Gasteiger partial charge in [-0.05, 0) is 47.7 Å². The molecule has 2 heterocycles. The lowest BCUT2D eigenvalue weighted by Crippen LogP contribution is -2.51. The second-order valence-electron chi connectivity index (χ2n) is 11.4. The predicted molar refractivity (Wildman–Crippen MR) is 166 cm³/mol. The molecule has 0 unspecified atom stereocenters. The molecular formula is C36H39N3O3. The number of ether oxygens (including phenoxy) is 1. The van der Waals surface area contributed by atoms with E-state index < -0.39 is 0 Å². The minimum atomic E-state index is -0.241. The quantitative estimate of drug-likeness (QED) is 0.256. The zero-order chi connectivity index (χ0) is 28.9. The molecule has 2 aliphatic heterocycles. The summed E-state index contributed by atoms with van der Waals surface area (Å²) < 4.78 is 5.68. The van der Waals surface area contributed by atoms with Crippen molar-refractivity contribution >= 4 is 22.8 Å². The zero-order valence-corrected chi connectivity index (χ0v) is 24.3.